The number of hydrogen-bond acceptors (Lipinski definition) is 4. The zero-order chi connectivity index (χ0) is 21.4. The zero-order valence-electron chi connectivity index (χ0n) is 16.9. The van der Waals surface area contributed by atoms with Crippen molar-refractivity contribution >= 4 is 27.7 Å². The van der Waals surface area contributed by atoms with Crippen LogP contribution in [0.15, 0.2) is 47.4 Å². The van der Waals surface area contributed by atoms with Gasteiger partial charge in [0.1, 0.15) is 11.9 Å². The Morgan fingerprint density at radius 1 is 1.14 bits per heavy atom. The van der Waals surface area contributed by atoms with Gasteiger partial charge in [-0.25, -0.2) is 12.8 Å². The largest absolute Gasteiger partial charge is 0.354 e. The summed E-state index contributed by atoms with van der Waals surface area (Å²) < 4.78 is 41.3. The van der Waals surface area contributed by atoms with Gasteiger partial charge in [-0.05, 0) is 73.6 Å². The standard InChI is InChI=1S/C21H27FN2O3S2/c1-15-4-5-16(2)20(14-15)29(26,27)24-19(11-13-28-3)21(25)23-12-10-17-6-8-18(22)9-7-17/h4-9,14,19,24H,10-13H2,1-3H3,(H,23,25). The molecule has 0 saturated heterocycles. The molecule has 1 unspecified atom stereocenters. The fourth-order valence-electron chi connectivity index (χ4n) is 2.83. The highest BCUT2D eigenvalue weighted by Crippen LogP contribution is 2.17. The summed E-state index contributed by atoms with van der Waals surface area (Å²) >= 11 is 1.55. The van der Waals surface area contributed by atoms with Crippen LogP contribution in [0, 0.1) is 19.7 Å². The number of halogens is 1. The molecular formula is C21H27FN2O3S2. The van der Waals surface area contributed by atoms with Crippen LogP contribution in [0.5, 0.6) is 0 Å². The second-order valence-electron chi connectivity index (χ2n) is 6.89. The summed E-state index contributed by atoms with van der Waals surface area (Å²) in [6.07, 6.45) is 2.82. The van der Waals surface area contributed by atoms with Crippen LogP contribution in [-0.4, -0.2) is 38.9 Å². The lowest BCUT2D eigenvalue weighted by Crippen LogP contribution is -2.47. The number of amides is 1. The fourth-order valence-corrected chi connectivity index (χ4v) is 4.86. The van der Waals surface area contributed by atoms with E-state index in [0.717, 1.165) is 11.1 Å². The van der Waals surface area contributed by atoms with Crippen LogP contribution < -0.4 is 10.0 Å². The van der Waals surface area contributed by atoms with E-state index in [1.807, 2.05) is 19.2 Å². The summed E-state index contributed by atoms with van der Waals surface area (Å²) in [5.74, 6) is -0.0310. The summed E-state index contributed by atoms with van der Waals surface area (Å²) in [6.45, 7) is 3.89. The molecule has 2 aromatic rings. The van der Waals surface area contributed by atoms with Crippen LogP contribution in [0.4, 0.5) is 4.39 Å². The Morgan fingerprint density at radius 3 is 2.48 bits per heavy atom. The first kappa shape index (κ1) is 23.4. The van der Waals surface area contributed by atoms with Crippen LogP contribution in [-0.2, 0) is 21.2 Å². The van der Waals surface area contributed by atoms with Crippen LogP contribution in [0.1, 0.15) is 23.1 Å². The minimum Gasteiger partial charge on any atom is -0.354 e. The number of sulfonamides is 1. The zero-order valence-corrected chi connectivity index (χ0v) is 18.5. The Labute approximate surface area is 176 Å². The summed E-state index contributed by atoms with van der Waals surface area (Å²) in [5, 5.41) is 2.79. The van der Waals surface area contributed by atoms with Gasteiger partial charge in [-0.3, -0.25) is 4.79 Å². The van der Waals surface area contributed by atoms with Gasteiger partial charge >= 0.3 is 0 Å². The molecule has 0 spiro atoms. The van der Waals surface area contributed by atoms with E-state index in [1.165, 1.54) is 12.1 Å². The molecule has 0 aromatic heterocycles. The molecule has 0 aliphatic carbocycles. The molecule has 2 aromatic carbocycles. The Hall–Kier alpha value is -1.90. The highest BCUT2D eigenvalue weighted by atomic mass is 32.2. The van der Waals surface area contributed by atoms with E-state index in [0.29, 0.717) is 30.7 Å². The van der Waals surface area contributed by atoms with Crippen molar-refractivity contribution in [2.45, 2.75) is 37.6 Å². The Balaban J connectivity index is 2.06. The number of nitrogens with one attached hydrogen (secondary N) is 2. The normalized spacial score (nSPS) is 12.6. The average Bonchev–Trinajstić information content (AvgIpc) is 2.68. The number of benzene rings is 2. The first-order valence-electron chi connectivity index (χ1n) is 9.33. The van der Waals surface area contributed by atoms with Crippen LogP contribution >= 0.6 is 11.8 Å². The molecule has 2 N–H and O–H groups in total. The molecule has 2 rings (SSSR count). The van der Waals surface area contributed by atoms with Gasteiger partial charge in [-0.15, -0.1) is 0 Å². The lowest BCUT2D eigenvalue weighted by atomic mass is 10.1. The maximum absolute atomic E-state index is 13.0. The second kappa shape index (κ2) is 10.8. The lowest BCUT2D eigenvalue weighted by molar-refractivity contribution is -0.122. The summed E-state index contributed by atoms with van der Waals surface area (Å²) in [5.41, 5.74) is 2.35. The van der Waals surface area contributed by atoms with Crippen LogP contribution in [0.2, 0.25) is 0 Å². The highest BCUT2D eigenvalue weighted by Gasteiger charge is 2.26. The van der Waals surface area contributed by atoms with Crippen molar-refractivity contribution in [2.75, 3.05) is 18.6 Å². The van der Waals surface area contributed by atoms with Crippen molar-refractivity contribution < 1.29 is 17.6 Å². The van der Waals surface area contributed by atoms with Gasteiger partial charge in [-0.2, -0.15) is 16.5 Å². The van der Waals surface area contributed by atoms with E-state index in [-0.39, 0.29) is 16.6 Å². The number of thioether (sulfide) groups is 1. The number of aryl methyl sites for hydroxylation is 2. The molecule has 0 saturated carbocycles. The van der Waals surface area contributed by atoms with E-state index in [9.17, 15) is 17.6 Å². The first-order valence-corrected chi connectivity index (χ1v) is 12.2. The van der Waals surface area contributed by atoms with Gasteiger partial charge in [0.25, 0.3) is 0 Å². The predicted molar refractivity (Wildman–Crippen MR) is 116 cm³/mol. The third-order valence-corrected chi connectivity index (χ3v) is 6.74. The quantitative estimate of drug-likeness (QED) is 0.597. The van der Waals surface area contributed by atoms with E-state index in [1.54, 1.807) is 43.0 Å². The van der Waals surface area contributed by atoms with Crippen LogP contribution in [0.25, 0.3) is 0 Å². The topological polar surface area (TPSA) is 75.3 Å². The van der Waals surface area contributed by atoms with Crippen molar-refractivity contribution in [1.82, 2.24) is 10.0 Å². The number of hydrogen-bond donors (Lipinski definition) is 2. The predicted octanol–water partition coefficient (Wildman–Crippen LogP) is 3.20. The summed E-state index contributed by atoms with van der Waals surface area (Å²) in [4.78, 5) is 12.8. The Kier molecular flexibility index (Phi) is 8.67. The molecule has 1 amide bonds. The highest BCUT2D eigenvalue weighted by molar-refractivity contribution is 7.98. The molecule has 1 atom stereocenters. The summed E-state index contributed by atoms with van der Waals surface area (Å²) in [6, 6.07) is 10.4. The molecule has 0 bridgehead atoms. The SMILES string of the molecule is CSCCC(NS(=O)(=O)c1cc(C)ccc1C)C(=O)NCCc1ccc(F)cc1. The Bertz CT molecular complexity index is 931. The van der Waals surface area contributed by atoms with Crippen LogP contribution in [0.3, 0.4) is 0 Å². The molecule has 8 heteroatoms. The summed E-state index contributed by atoms with van der Waals surface area (Å²) in [7, 11) is -3.83. The van der Waals surface area contributed by atoms with Gasteiger partial charge in [-0.1, -0.05) is 24.3 Å². The third kappa shape index (κ3) is 7.13. The molecule has 0 radical (unpaired) electrons. The monoisotopic (exact) mass is 438 g/mol. The number of rotatable bonds is 10. The van der Waals surface area contributed by atoms with E-state index >= 15 is 0 Å². The van der Waals surface area contributed by atoms with Gasteiger partial charge in [0.05, 0.1) is 4.90 Å². The van der Waals surface area contributed by atoms with Crippen molar-refractivity contribution in [1.29, 1.82) is 0 Å². The maximum atomic E-state index is 13.0. The molecule has 158 valence electrons. The molecule has 0 fully saturated rings. The fraction of sp³-hybridized carbons (Fsp3) is 0.381. The number of carbonyl (C=O) groups excluding carboxylic acids is 1. The number of carbonyl (C=O) groups is 1. The smallest absolute Gasteiger partial charge is 0.241 e. The second-order valence-corrected chi connectivity index (χ2v) is 9.56. The molecule has 0 aliphatic rings. The molecule has 0 aliphatic heterocycles. The molecular weight excluding hydrogens is 411 g/mol. The van der Waals surface area contributed by atoms with E-state index in [4.69, 9.17) is 0 Å². The third-order valence-electron chi connectivity index (χ3n) is 4.48. The van der Waals surface area contributed by atoms with E-state index < -0.39 is 16.1 Å². The molecule has 5 nitrogen and oxygen atoms in total. The minimum atomic E-state index is -3.83. The van der Waals surface area contributed by atoms with Crippen molar-refractivity contribution in [3.8, 4) is 0 Å². The van der Waals surface area contributed by atoms with Gasteiger partial charge in [0.2, 0.25) is 15.9 Å². The average molecular weight is 439 g/mol. The van der Waals surface area contributed by atoms with Crippen molar-refractivity contribution in [3.05, 3.63) is 65.0 Å². The van der Waals surface area contributed by atoms with Crippen molar-refractivity contribution in [2.24, 2.45) is 0 Å². The maximum Gasteiger partial charge on any atom is 0.241 e. The van der Waals surface area contributed by atoms with Gasteiger partial charge in [0.15, 0.2) is 0 Å². The molecule has 0 heterocycles. The molecule has 29 heavy (non-hydrogen) atoms. The lowest BCUT2D eigenvalue weighted by Gasteiger charge is -2.19. The Morgan fingerprint density at radius 2 is 1.83 bits per heavy atom. The first-order chi connectivity index (χ1) is 13.7. The van der Waals surface area contributed by atoms with E-state index in [2.05, 4.69) is 10.0 Å². The van der Waals surface area contributed by atoms with Gasteiger partial charge < -0.3 is 5.32 Å². The minimum absolute atomic E-state index is 0.186. The van der Waals surface area contributed by atoms with Gasteiger partial charge in [0, 0.05) is 6.54 Å². The van der Waals surface area contributed by atoms with Crippen molar-refractivity contribution in [3.63, 3.8) is 0 Å².